The van der Waals surface area contributed by atoms with Crippen LogP contribution in [0.15, 0.2) is 53.7 Å². The van der Waals surface area contributed by atoms with Crippen LogP contribution in [0, 0.1) is 17.8 Å². The van der Waals surface area contributed by atoms with E-state index in [1.807, 2.05) is 0 Å². The van der Waals surface area contributed by atoms with Gasteiger partial charge in [-0.15, -0.1) is 0 Å². The van der Waals surface area contributed by atoms with E-state index in [2.05, 4.69) is 0 Å². The fourth-order valence-corrected chi connectivity index (χ4v) is 3.48. The molecule has 1 saturated carbocycles. The number of phenols is 1. The van der Waals surface area contributed by atoms with Crippen molar-refractivity contribution in [1.82, 2.24) is 0 Å². The van der Waals surface area contributed by atoms with Gasteiger partial charge >= 0.3 is 0 Å². The summed E-state index contributed by atoms with van der Waals surface area (Å²) in [5.74, 6) is -2.18. The molecule has 6 nitrogen and oxygen atoms in total. The summed E-state index contributed by atoms with van der Waals surface area (Å²) in [5.41, 5.74) is 0.586. The molecule has 4 N–H and O–H groups in total. The van der Waals surface area contributed by atoms with Crippen LogP contribution in [0.1, 0.15) is 5.56 Å². The topological polar surface area (TPSA) is 107 Å². The number of aromatic hydroxyl groups is 1. The number of aliphatic hydroxyl groups is 3. The molecular weight excluding hydrogens is 300 g/mol. The van der Waals surface area contributed by atoms with Gasteiger partial charge in [0, 0.05) is 23.6 Å². The van der Waals surface area contributed by atoms with Gasteiger partial charge < -0.3 is 25.2 Å². The van der Waals surface area contributed by atoms with E-state index in [1.165, 1.54) is 24.3 Å². The average Bonchev–Trinajstić information content (AvgIpc) is 2.63. The number of rotatable bonds is 1. The van der Waals surface area contributed by atoms with E-state index >= 15 is 0 Å². The Morgan fingerprint density at radius 2 is 1.61 bits per heavy atom. The highest BCUT2D eigenvalue weighted by atomic mass is 16.5. The molecule has 6 heteroatoms. The van der Waals surface area contributed by atoms with Crippen LogP contribution >= 0.6 is 0 Å². The van der Waals surface area contributed by atoms with E-state index in [0.29, 0.717) is 11.3 Å². The summed E-state index contributed by atoms with van der Waals surface area (Å²) in [6.45, 7) is 0. The first kappa shape index (κ1) is 13.9. The highest BCUT2D eigenvalue weighted by Gasteiger charge is 2.60. The molecule has 0 spiro atoms. The zero-order chi connectivity index (χ0) is 16.3. The van der Waals surface area contributed by atoms with Crippen molar-refractivity contribution < 1.29 is 30.0 Å². The fourth-order valence-electron chi connectivity index (χ4n) is 3.48. The molecule has 4 atom stereocenters. The highest BCUT2D eigenvalue weighted by Crippen LogP contribution is 2.54. The summed E-state index contributed by atoms with van der Waals surface area (Å²) in [4.78, 5) is 12.4. The average molecular weight is 314 g/mol. The Morgan fingerprint density at radius 3 is 2.30 bits per heavy atom. The number of benzene rings is 1. The van der Waals surface area contributed by atoms with Gasteiger partial charge in [0.1, 0.15) is 23.0 Å². The Balaban J connectivity index is 1.79. The Bertz CT molecular complexity index is 786. The summed E-state index contributed by atoms with van der Waals surface area (Å²) >= 11 is 0. The molecule has 0 radical (unpaired) electrons. The van der Waals surface area contributed by atoms with Crippen molar-refractivity contribution in [2.45, 2.75) is 6.10 Å². The first-order valence-corrected chi connectivity index (χ1v) is 7.22. The van der Waals surface area contributed by atoms with E-state index in [9.17, 15) is 25.2 Å². The largest absolute Gasteiger partial charge is 0.508 e. The van der Waals surface area contributed by atoms with Gasteiger partial charge in [-0.25, -0.2) is 0 Å². The first-order valence-electron chi connectivity index (χ1n) is 7.22. The van der Waals surface area contributed by atoms with Crippen molar-refractivity contribution in [3.63, 3.8) is 0 Å². The van der Waals surface area contributed by atoms with E-state index in [4.69, 9.17) is 4.74 Å². The van der Waals surface area contributed by atoms with Gasteiger partial charge in [-0.1, -0.05) is 0 Å². The molecule has 1 aromatic carbocycles. The van der Waals surface area contributed by atoms with Crippen LogP contribution in [0.2, 0.25) is 0 Å². The number of allylic oxidation sites excluding steroid dienone is 3. The number of phenolic OH excluding ortho intramolecular Hbond substituents is 1. The molecule has 23 heavy (non-hydrogen) atoms. The number of carbonyl (C=O) groups excluding carboxylic acids is 1. The van der Waals surface area contributed by atoms with Crippen molar-refractivity contribution in [2.24, 2.45) is 17.8 Å². The number of ether oxygens (including phenoxy) is 1. The predicted octanol–water partition coefficient (Wildman–Crippen LogP) is 1.78. The normalized spacial score (nSPS) is 32.1. The fraction of sp³-hybridized carbons (Fsp3) is 0.235. The second kappa shape index (κ2) is 4.63. The van der Waals surface area contributed by atoms with Crippen molar-refractivity contribution in [1.29, 1.82) is 0 Å². The summed E-state index contributed by atoms with van der Waals surface area (Å²) < 4.78 is 5.78. The molecule has 1 fully saturated rings. The summed E-state index contributed by atoms with van der Waals surface area (Å²) in [7, 11) is 0. The molecule has 0 bridgehead atoms. The van der Waals surface area contributed by atoms with Gasteiger partial charge in [0.05, 0.1) is 17.9 Å². The molecule has 3 aliphatic rings. The number of carbonyl (C=O) groups is 1. The number of aliphatic hydroxyl groups excluding tert-OH is 3. The minimum absolute atomic E-state index is 0.0900. The van der Waals surface area contributed by atoms with E-state index < -0.39 is 23.9 Å². The Labute approximate surface area is 131 Å². The van der Waals surface area contributed by atoms with E-state index in [-0.39, 0.29) is 28.8 Å². The molecule has 1 aromatic rings. The predicted molar refractivity (Wildman–Crippen MR) is 79.0 cm³/mol. The van der Waals surface area contributed by atoms with E-state index in [1.54, 1.807) is 12.1 Å². The van der Waals surface area contributed by atoms with Gasteiger partial charge in [-0.05, 0) is 24.3 Å². The third-order valence-electron chi connectivity index (χ3n) is 4.68. The van der Waals surface area contributed by atoms with Crippen molar-refractivity contribution in [3.8, 4) is 5.75 Å². The van der Waals surface area contributed by atoms with Crippen molar-refractivity contribution in [2.75, 3.05) is 0 Å². The van der Waals surface area contributed by atoms with Gasteiger partial charge in [-0.2, -0.15) is 0 Å². The number of ketones is 1. The Kier molecular flexibility index (Phi) is 2.80. The van der Waals surface area contributed by atoms with Crippen LogP contribution in [0.5, 0.6) is 5.75 Å². The smallest absolute Gasteiger partial charge is 0.165 e. The van der Waals surface area contributed by atoms with Crippen LogP contribution in [-0.4, -0.2) is 32.3 Å². The monoisotopic (exact) mass is 314 g/mol. The minimum Gasteiger partial charge on any atom is -0.508 e. The Morgan fingerprint density at radius 1 is 0.913 bits per heavy atom. The lowest BCUT2D eigenvalue weighted by Crippen LogP contribution is -2.56. The SMILES string of the molecule is O=C1C=C(c2ccc(O)cc2)OC2=CC(O)=C(O)[C@@H]3C(O)C1C23. The maximum Gasteiger partial charge on any atom is 0.165 e. The molecule has 0 amide bonds. The first-order chi connectivity index (χ1) is 11.0. The van der Waals surface area contributed by atoms with E-state index in [0.717, 1.165) is 0 Å². The molecule has 2 aliphatic carbocycles. The number of hydrogen-bond acceptors (Lipinski definition) is 6. The maximum absolute atomic E-state index is 12.4. The summed E-state index contributed by atoms with van der Waals surface area (Å²) in [6.07, 6.45) is 1.53. The number of hydrogen-bond donors (Lipinski definition) is 4. The quantitative estimate of drug-likeness (QED) is 0.629. The summed E-state index contributed by atoms with van der Waals surface area (Å²) in [5, 5.41) is 39.2. The maximum atomic E-state index is 12.4. The van der Waals surface area contributed by atoms with Gasteiger partial charge in [0.2, 0.25) is 0 Å². The second-order valence-electron chi connectivity index (χ2n) is 5.95. The van der Waals surface area contributed by atoms with Crippen LogP contribution in [0.3, 0.4) is 0 Å². The Hall–Kier alpha value is -2.73. The standard InChI is InChI=1S/C17H14O6/c18-8-3-1-7(2-4-8)11-5-9(19)13-14-12(23-11)6-10(20)16(21)15(14)17(13)22/h1-6,13-15,17-18,20-22H/t13?,14?,15-,17?/m1/s1. The molecule has 118 valence electrons. The summed E-state index contributed by atoms with van der Waals surface area (Å²) in [6, 6.07) is 6.15. The third kappa shape index (κ3) is 1.88. The van der Waals surface area contributed by atoms with Gasteiger partial charge in [0.15, 0.2) is 11.5 Å². The zero-order valence-electron chi connectivity index (χ0n) is 11.9. The molecule has 4 rings (SSSR count). The second-order valence-corrected chi connectivity index (χ2v) is 5.95. The third-order valence-corrected chi connectivity index (χ3v) is 4.68. The van der Waals surface area contributed by atoms with Crippen LogP contribution in [-0.2, 0) is 9.53 Å². The van der Waals surface area contributed by atoms with Crippen LogP contribution in [0.4, 0.5) is 0 Å². The molecular formula is C17H14O6. The van der Waals surface area contributed by atoms with Gasteiger partial charge in [-0.3, -0.25) is 4.79 Å². The highest BCUT2D eigenvalue weighted by molar-refractivity contribution is 5.99. The van der Waals surface area contributed by atoms with Crippen LogP contribution < -0.4 is 0 Å². The lowest BCUT2D eigenvalue weighted by molar-refractivity contribution is -0.143. The van der Waals surface area contributed by atoms with Crippen molar-refractivity contribution in [3.05, 3.63) is 59.3 Å². The van der Waals surface area contributed by atoms with Crippen molar-refractivity contribution >= 4 is 11.5 Å². The molecule has 1 aliphatic heterocycles. The molecule has 0 saturated heterocycles. The van der Waals surface area contributed by atoms with Crippen LogP contribution in [0.25, 0.3) is 5.76 Å². The minimum atomic E-state index is -1.06. The lowest BCUT2D eigenvalue weighted by atomic mass is 9.57. The molecule has 1 heterocycles. The molecule has 0 aromatic heterocycles. The lowest BCUT2D eigenvalue weighted by Gasteiger charge is -2.48. The zero-order valence-corrected chi connectivity index (χ0v) is 11.9. The van der Waals surface area contributed by atoms with Gasteiger partial charge in [0.25, 0.3) is 0 Å². The molecule has 3 unspecified atom stereocenters.